The Kier molecular flexibility index (Phi) is 5.95. The Balaban J connectivity index is 1.91. The Hall–Kier alpha value is -2.61. The number of aryl methyl sites for hydroxylation is 1. The van der Waals surface area contributed by atoms with E-state index in [1.807, 2.05) is 32.0 Å². The van der Waals surface area contributed by atoms with Crippen LogP contribution >= 0.6 is 11.8 Å². The quantitative estimate of drug-likeness (QED) is 0.493. The second-order valence-electron chi connectivity index (χ2n) is 6.20. The molecule has 3 aromatic rings. The van der Waals surface area contributed by atoms with Crippen molar-refractivity contribution < 1.29 is 9.32 Å². The molecule has 1 unspecified atom stereocenters. The first-order chi connectivity index (χ1) is 13.0. The molecule has 7 nitrogen and oxygen atoms in total. The number of amides is 1. The lowest BCUT2D eigenvalue weighted by atomic mass is 10.2. The van der Waals surface area contributed by atoms with E-state index in [-0.39, 0.29) is 11.5 Å². The van der Waals surface area contributed by atoms with Gasteiger partial charge in [-0.2, -0.15) is 0 Å². The fraction of sp³-hybridized carbons (Fsp3) is 0.368. The lowest BCUT2D eigenvalue weighted by molar-refractivity contribution is -0.115. The van der Waals surface area contributed by atoms with Gasteiger partial charge >= 0.3 is 0 Å². The fourth-order valence-electron chi connectivity index (χ4n) is 2.74. The number of para-hydroxylation sites is 1. The van der Waals surface area contributed by atoms with E-state index in [0.29, 0.717) is 40.6 Å². The normalized spacial score (nSPS) is 12.3. The highest BCUT2D eigenvalue weighted by molar-refractivity contribution is 8.00. The van der Waals surface area contributed by atoms with Crippen molar-refractivity contribution >= 4 is 34.4 Å². The number of fused-ring (bicyclic) bond motifs is 1. The number of carbonyl (C=O) groups excluding carboxylic acids is 1. The van der Waals surface area contributed by atoms with Gasteiger partial charge < -0.3 is 9.84 Å². The summed E-state index contributed by atoms with van der Waals surface area (Å²) in [7, 11) is 0. The SMILES string of the molecule is CCCn1c(SC(CC)C(=O)Nc2cc(C)on2)nc2ccccc2c1=O. The van der Waals surface area contributed by atoms with Crippen LogP contribution in [0.3, 0.4) is 0 Å². The minimum Gasteiger partial charge on any atom is -0.360 e. The van der Waals surface area contributed by atoms with Crippen LogP contribution in [-0.4, -0.2) is 25.9 Å². The maximum atomic E-state index is 12.9. The first-order valence-corrected chi connectivity index (χ1v) is 9.81. The van der Waals surface area contributed by atoms with E-state index in [0.717, 1.165) is 6.42 Å². The van der Waals surface area contributed by atoms with Crippen LogP contribution in [-0.2, 0) is 11.3 Å². The molecule has 0 aliphatic carbocycles. The van der Waals surface area contributed by atoms with E-state index < -0.39 is 5.25 Å². The van der Waals surface area contributed by atoms with Gasteiger partial charge in [0.05, 0.1) is 16.2 Å². The highest BCUT2D eigenvalue weighted by atomic mass is 32.2. The monoisotopic (exact) mass is 386 g/mol. The number of hydrogen-bond donors (Lipinski definition) is 1. The zero-order valence-corrected chi connectivity index (χ0v) is 16.4. The van der Waals surface area contributed by atoms with Crippen molar-refractivity contribution in [1.82, 2.24) is 14.7 Å². The zero-order valence-electron chi connectivity index (χ0n) is 15.6. The van der Waals surface area contributed by atoms with E-state index >= 15 is 0 Å². The lowest BCUT2D eigenvalue weighted by Gasteiger charge is -2.17. The molecule has 27 heavy (non-hydrogen) atoms. The Morgan fingerprint density at radius 1 is 1.33 bits per heavy atom. The Bertz CT molecular complexity index is 1010. The molecule has 0 saturated carbocycles. The standard InChI is InChI=1S/C19H22N4O3S/c1-4-10-23-18(25)13-8-6-7-9-14(13)20-19(23)27-15(5-2)17(24)21-16-11-12(3)26-22-16/h6-9,11,15H,4-5,10H2,1-3H3,(H,21,22,24). The van der Waals surface area contributed by atoms with Crippen LogP contribution in [0.4, 0.5) is 5.82 Å². The average Bonchev–Trinajstić information content (AvgIpc) is 3.07. The summed E-state index contributed by atoms with van der Waals surface area (Å²) < 4.78 is 6.64. The van der Waals surface area contributed by atoms with Gasteiger partial charge in [-0.3, -0.25) is 14.2 Å². The molecule has 1 aromatic carbocycles. The largest absolute Gasteiger partial charge is 0.360 e. The number of carbonyl (C=O) groups is 1. The molecule has 1 atom stereocenters. The molecule has 3 rings (SSSR count). The van der Waals surface area contributed by atoms with Crippen molar-refractivity contribution in [2.75, 3.05) is 5.32 Å². The zero-order chi connectivity index (χ0) is 19.4. The summed E-state index contributed by atoms with van der Waals surface area (Å²) >= 11 is 1.30. The summed E-state index contributed by atoms with van der Waals surface area (Å²) in [6.45, 7) is 6.25. The average molecular weight is 386 g/mol. The molecule has 2 aromatic heterocycles. The van der Waals surface area contributed by atoms with Crippen molar-refractivity contribution in [2.45, 2.75) is 50.6 Å². The van der Waals surface area contributed by atoms with Crippen molar-refractivity contribution in [1.29, 1.82) is 0 Å². The number of aromatic nitrogens is 3. The van der Waals surface area contributed by atoms with E-state index in [4.69, 9.17) is 4.52 Å². The third-order valence-electron chi connectivity index (χ3n) is 4.06. The highest BCUT2D eigenvalue weighted by Crippen LogP contribution is 2.26. The van der Waals surface area contributed by atoms with Crippen LogP contribution in [0, 0.1) is 6.92 Å². The molecule has 142 valence electrons. The molecule has 0 fully saturated rings. The van der Waals surface area contributed by atoms with E-state index in [1.165, 1.54) is 11.8 Å². The maximum Gasteiger partial charge on any atom is 0.262 e. The Labute approximate surface area is 161 Å². The molecule has 0 spiro atoms. The summed E-state index contributed by atoms with van der Waals surface area (Å²) in [6.07, 6.45) is 1.39. The number of benzene rings is 1. The summed E-state index contributed by atoms with van der Waals surface area (Å²) in [6, 6.07) is 8.94. The van der Waals surface area contributed by atoms with Gasteiger partial charge in [-0.15, -0.1) is 0 Å². The minimum atomic E-state index is -0.404. The predicted molar refractivity (Wildman–Crippen MR) is 106 cm³/mol. The summed E-state index contributed by atoms with van der Waals surface area (Å²) in [4.78, 5) is 30.2. The van der Waals surface area contributed by atoms with Gasteiger partial charge in [0.15, 0.2) is 11.0 Å². The van der Waals surface area contributed by atoms with Crippen LogP contribution in [0.25, 0.3) is 10.9 Å². The van der Waals surface area contributed by atoms with E-state index in [1.54, 1.807) is 23.6 Å². The van der Waals surface area contributed by atoms with Gasteiger partial charge in [0.25, 0.3) is 5.56 Å². The summed E-state index contributed by atoms with van der Waals surface area (Å²) in [5.41, 5.74) is 0.562. The van der Waals surface area contributed by atoms with Crippen LogP contribution in [0.15, 0.2) is 44.8 Å². The molecular formula is C19H22N4O3S. The van der Waals surface area contributed by atoms with Gasteiger partial charge in [-0.25, -0.2) is 4.98 Å². The Morgan fingerprint density at radius 3 is 2.78 bits per heavy atom. The number of hydrogen-bond acceptors (Lipinski definition) is 6. The third kappa shape index (κ3) is 4.21. The number of anilines is 1. The molecular weight excluding hydrogens is 364 g/mol. The van der Waals surface area contributed by atoms with Crippen LogP contribution in [0.2, 0.25) is 0 Å². The van der Waals surface area contributed by atoms with Crippen LogP contribution in [0.1, 0.15) is 32.4 Å². The van der Waals surface area contributed by atoms with Crippen molar-refractivity contribution in [2.24, 2.45) is 0 Å². The lowest BCUT2D eigenvalue weighted by Crippen LogP contribution is -2.28. The smallest absolute Gasteiger partial charge is 0.262 e. The summed E-state index contributed by atoms with van der Waals surface area (Å²) in [5.74, 6) is 0.814. The van der Waals surface area contributed by atoms with E-state index in [9.17, 15) is 9.59 Å². The second-order valence-corrected chi connectivity index (χ2v) is 7.36. The molecule has 2 heterocycles. The van der Waals surface area contributed by atoms with Gasteiger partial charge in [0.1, 0.15) is 5.76 Å². The van der Waals surface area contributed by atoms with E-state index in [2.05, 4.69) is 15.5 Å². The van der Waals surface area contributed by atoms with Crippen LogP contribution in [0.5, 0.6) is 0 Å². The molecule has 0 aliphatic heterocycles. The molecule has 0 bridgehead atoms. The van der Waals surface area contributed by atoms with Crippen molar-refractivity contribution in [3.05, 3.63) is 46.4 Å². The third-order valence-corrected chi connectivity index (χ3v) is 5.42. The van der Waals surface area contributed by atoms with Gasteiger partial charge in [-0.05, 0) is 31.9 Å². The first-order valence-electron chi connectivity index (χ1n) is 8.93. The molecule has 0 aliphatic rings. The minimum absolute atomic E-state index is 0.0765. The van der Waals surface area contributed by atoms with Gasteiger partial charge in [-0.1, -0.05) is 42.9 Å². The number of nitrogens with zero attached hydrogens (tertiary/aromatic N) is 3. The van der Waals surface area contributed by atoms with Crippen molar-refractivity contribution in [3.63, 3.8) is 0 Å². The maximum absolute atomic E-state index is 12.9. The number of nitrogens with one attached hydrogen (secondary N) is 1. The van der Waals surface area contributed by atoms with Crippen LogP contribution < -0.4 is 10.9 Å². The predicted octanol–water partition coefficient (Wildman–Crippen LogP) is 3.61. The number of rotatable bonds is 7. The number of thioether (sulfide) groups is 1. The topological polar surface area (TPSA) is 90.0 Å². The molecule has 8 heteroatoms. The molecule has 1 N–H and O–H groups in total. The molecule has 0 radical (unpaired) electrons. The van der Waals surface area contributed by atoms with Gasteiger partial charge in [0, 0.05) is 12.6 Å². The highest BCUT2D eigenvalue weighted by Gasteiger charge is 2.22. The summed E-state index contributed by atoms with van der Waals surface area (Å²) in [5, 5.41) is 7.29. The molecule has 1 amide bonds. The fourth-order valence-corrected chi connectivity index (χ4v) is 3.78. The first kappa shape index (κ1) is 19.2. The van der Waals surface area contributed by atoms with Crippen molar-refractivity contribution in [3.8, 4) is 0 Å². The van der Waals surface area contributed by atoms with Gasteiger partial charge in [0.2, 0.25) is 5.91 Å². The molecule has 0 saturated heterocycles. The Morgan fingerprint density at radius 2 is 2.11 bits per heavy atom. The second kappa shape index (κ2) is 8.39.